The van der Waals surface area contributed by atoms with E-state index in [-0.39, 0.29) is 11.5 Å². The van der Waals surface area contributed by atoms with Crippen molar-refractivity contribution in [2.24, 2.45) is 0 Å². The van der Waals surface area contributed by atoms with Crippen LogP contribution in [0.4, 0.5) is 14.5 Å². The third-order valence-corrected chi connectivity index (χ3v) is 3.47. The van der Waals surface area contributed by atoms with E-state index in [1.165, 1.54) is 13.2 Å². The molecule has 0 amide bonds. The molecule has 8 heteroatoms. The van der Waals surface area contributed by atoms with E-state index in [1.807, 2.05) is 24.3 Å². The minimum absolute atomic E-state index is 0.0154. The van der Waals surface area contributed by atoms with Crippen molar-refractivity contribution < 1.29 is 23.0 Å². The summed E-state index contributed by atoms with van der Waals surface area (Å²) >= 11 is 5.24. The average molecular weight is 368 g/mol. The predicted molar refractivity (Wildman–Crippen MR) is 95.7 cm³/mol. The van der Waals surface area contributed by atoms with Gasteiger partial charge in [-0.25, -0.2) is 0 Å². The average Bonchev–Trinajstić information content (AvgIpc) is 2.60. The Balaban J connectivity index is 1.94. The van der Waals surface area contributed by atoms with Crippen molar-refractivity contribution in [3.63, 3.8) is 0 Å². The molecule has 0 radical (unpaired) electrons. The van der Waals surface area contributed by atoms with Gasteiger partial charge in [0.2, 0.25) is 0 Å². The van der Waals surface area contributed by atoms with Crippen LogP contribution in [0.15, 0.2) is 42.5 Å². The molecule has 0 spiro atoms. The highest BCUT2D eigenvalue weighted by atomic mass is 32.1. The van der Waals surface area contributed by atoms with Crippen LogP contribution in [0.2, 0.25) is 0 Å². The third-order valence-electron chi connectivity index (χ3n) is 3.22. The van der Waals surface area contributed by atoms with Gasteiger partial charge in [0.25, 0.3) is 0 Å². The first-order valence-electron chi connectivity index (χ1n) is 7.32. The number of halogens is 2. The van der Waals surface area contributed by atoms with Crippen molar-refractivity contribution >= 4 is 23.0 Å². The molecule has 2 N–H and O–H groups in total. The van der Waals surface area contributed by atoms with E-state index in [0.29, 0.717) is 17.4 Å². The van der Waals surface area contributed by atoms with Crippen molar-refractivity contribution in [1.29, 1.82) is 0 Å². The topological polar surface area (TPSA) is 51.8 Å². The smallest absolute Gasteiger partial charge is 0.387 e. The molecule has 2 aromatic rings. The van der Waals surface area contributed by atoms with Crippen LogP contribution in [0, 0.1) is 0 Å². The lowest BCUT2D eigenvalue weighted by atomic mass is 10.2. The van der Waals surface area contributed by atoms with E-state index < -0.39 is 6.61 Å². The van der Waals surface area contributed by atoms with Crippen LogP contribution in [-0.2, 0) is 6.54 Å². The Morgan fingerprint density at radius 2 is 1.88 bits per heavy atom. The Morgan fingerprint density at radius 1 is 1.08 bits per heavy atom. The second-order valence-corrected chi connectivity index (χ2v) is 5.31. The zero-order valence-corrected chi connectivity index (χ0v) is 14.5. The van der Waals surface area contributed by atoms with E-state index in [4.69, 9.17) is 21.7 Å². The second kappa shape index (κ2) is 9.03. The van der Waals surface area contributed by atoms with Gasteiger partial charge in [-0.05, 0) is 42.0 Å². The lowest BCUT2D eigenvalue weighted by molar-refractivity contribution is -0.0512. The van der Waals surface area contributed by atoms with Gasteiger partial charge in [0.15, 0.2) is 16.6 Å². The van der Waals surface area contributed by atoms with Gasteiger partial charge in [-0.3, -0.25) is 0 Å². The number of benzene rings is 2. The Hall–Kier alpha value is -2.61. The first kappa shape index (κ1) is 18.7. The number of hydrogen-bond acceptors (Lipinski definition) is 4. The Labute approximate surface area is 149 Å². The minimum Gasteiger partial charge on any atom is -0.497 e. The van der Waals surface area contributed by atoms with Gasteiger partial charge in [-0.15, -0.1) is 0 Å². The maximum absolute atomic E-state index is 12.3. The quantitative estimate of drug-likeness (QED) is 0.725. The normalized spacial score (nSPS) is 10.3. The molecule has 134 valence electrons. The zero-order chi connectivity index (χ0) is 18.2. The molecule has 0 bridgehead atoms. The first-order chi connectivity index (χ1) is 12.0. The summed E-state index contributed by atoms with van der Waals surface area (Å²) in [6.45, 7) is -2.52. The van der Waals surface area contributed by atoms with E-state index in [1.54, 1.807) is 19.2 Å². The molecular formula is C17H18F2N2O3S. The summed E-state index contributed by atoms with van der Waals surface area (Å²) in [6.07, 6.45) is 0. The molecule has 0 saturated heterocycles. The van der Waals surface area contributed by atoms with Gasteiger partial charge >= 0.3 is 6.61 Å². The van der Waals surface area contributed by atoms with Crippen LogP contribution in [0.5, 0.6) is 17.2 Å². The molecule has 0 aliphatic heterocycles. The van der Waals surface area contributed by atoms with Crippen LogP contribution >= 0.6 is 12.2 Å². The number of nitrogens with one attached hydrogen (secondary N) is 2. The fourth-order valence-electron chi connectivity index (χ4n) is 2.07. The third kappa shape index (κ3) is 5.75. The van der Waals surface area contributed by atoms with Crippen LogP contribution in [0.25, 0.3) is 0 Å². The van der Waals surface area contributed by atoms with Crippen LogP contribution < -0.4 is 24.8 Å². The molecule has 25 heavy (non-hydrogen) atoms. The largest absolute Gasteiger partial charge is 0.497 e. The summed E-state index contributed by atoms with van der Waals surface area (Å²) in [6, 6.07) is 12.0. The van der Waals surface area contributed by atoms with Crippen LogP contribution in [-0.4, -0.2) is 25.9 Å². The number of thiocarbonyl (C=S) groups is 1. The lowest BCUT2D eigenvalue weighted by Crippen LogP contribution is -2.27. The monoisotopic (exact) mass is 368 g/mol. The molecular weight excluding hydrogens is 350 g/mol. The van der Waals surface area contributed by atoms with Crippen molar-refractivity contribution in [3.8, 4) is 17.2 Å². The zero-order valence-electron chi connectivity index (χ0n) is 13.7. The highest BCUT2D eigenvalue weighted by molar-refractivity contribution is 7.80. The molecule has 0 aliphatic rings. The summed E-state index contributed by atoms with van der Waals surface area (Å²) < 4.78 is 39.3. The van der Waals surface area contributed by atoms with E-state index in [2.05, 4.69) is 15.4 Å². The fraction of sp³-hybridized carbons (Fsp3) is 0.235. The van der Waals surface area contributed by atoms with Gasteiger partial charge in [-0.1, -0.05) is 12.1 Å². The first-order valence-corrected chi connectivity index (χ1v) is 7.73. The summed E-state index contributed by atoms with van der Waals surface area (Å²) in [5, 5.41) is 6.49. The molecule has 0 unspecified atom stereocenters. The van der Waals surface area contributed by atoms with Crippen molar-refractivity contribution in [2.45, 2.75) is 13.2 Å². The Bertz CT molecular complexity index is 729. The van der Waals surface area contributed by atoms with Gasteiger partial charge < -0.3 is 24.8 Å². The van der Waals surface area contributed by atoms with Crippen LogP contribution in [0.1, 0.15) is 5.56 Å². The number of anilines is 1. The van der Waals surface area contributed by atoms with Gasteiger partial charge in [0, 0.05) is 18.3 Å². The van der Waals surface area contributed by atoms with Crippen LogP contribution in [0.3, 0.4) is 0 Å². The standard InChI is InChI=1S/C17H18F2N2O3S/c1-22-13-5-3-4-12(9-13)21-17(25)20-10-11-6-7-14(24-16(18)19)15(8-11)23-2/h3-9,16H,10H2,1-2H3,(H2,20,21,25). The highest BCUT2D eigenvalue weighted by Crippen LogP contribution is 2.29. The second-order valence-electron chi connectivity index (χ2n) is 4.90. The lowest BCUT2D eigenvalue weighted by Gasteiger charge is -2.13. The summed E-state index contributed by atoms with van der Waals surface area (Å²) in [5.41, 5.74) is 1.59. The van der Waals surface area contributed by atoms with Gasteiger partial charge in [0.1, 0.15) is 5.75 Å². The SMILES string of the molecule is COc1cccc(NC(=S)NCc2ccc(OC(F)F)c(OC)c2)c1. The number of methoxy groups -OCH3 is 2. The van der Waals surface area contributed by atoms with E-state index in [0.717, 1.165) is 11.3 Å². The summed E-state index contributed by atoms with van der Waals surface area (Å²) in [5.74, 6) is 0.928. The molecule has 0 heterocycles. The summed E-state index contributed by atoms with van der Waals surface area (Å²) in [7, 11) is 2.98. The predicted octanol–water partition coefficient (Wildman–Crippen LogP) is 3.79. The molecule has 2 rings (SSSR count). The molecule has 0 saturated carbocycles. The number of ether oxygens (including phenoxy) is 3. The fourth-order valence-corrected chi connectivity index (χ4v) is 2.26. The molecule has 5 nitrogen and oxygen atoms in total. The number of hydrogen-bond donors (Lipinski definition) is 2. The van der Waals surface area contributed by atoms with E-state index in [9.17, 15) is 8.78 Å². The Kier molecular flexibility index (Phi) is 6.76. The maximum atomic E-state index is 12.3. The molecule has 0 atom stereocenters. The van der Waals surface area contributed by atoms with Crippen molar-refractivity contribution in [2.75, 3.05) is 19.5 Å². The van der Waals surface area contributed by atoms with Gasteiger partial charge in [0.05, 0.1) is 14.2 Å². The molecule has 0 aliphatic carbocycles. The summed E-state index contributed by atoms with van der Waals surface area (Å²) in [4.78, 5) is 0. The van der Waals surface area contributed by atoms with Crippen molar-refractivity contribution in [1.82, 2.24) is 5.32 Å². The Morgan fingerprint density at radius 3 is 2.56 bits per heavy atom. The highest BCUT2D eigenvalue weighted by Gasteiger charge is 2.11. The number of alkyl halides is 2. The van der Waals surface area contributed by atoms with Crippen molar-refractivity contribution in [3.05, 3.63) is 48.0 Å². The number of rotatable bonds is 7. The van der Waals surface area contributed by atoms with E-state index >= 15 is 0 Å². The molecule has 0 fully saturated rings. The maximum Gasteiger partial charge on any atom is 0.387 e. The minimum atomic E-state index is -2.91. The van der Waals surface area contributed by atoms with Gasteiger partial charge in [-0.2, -0.15) is 8.78 Å². The molecule has 0 aromatic heterocycles. The molecule has 2 aromatic carbocycles.